The topological polar surface area (TPSA) is 88.9 Å². The Morgan fingerprint density at radius 2 is 1.81 bits per heavy atom. The summed E-state index contributed by atoms with van der Waals surface area (Å²) in [6.07, 6.45) is 1.11. The number of hydrogen-bond donors (Lipinski definition) is 1. The number of nitrogens with one attached hydrogen (secondary N) is 1. The molecular formula is C18H22N2O5S. The second-order valence-corrected chi connectivity index (χ2v) is 8.18. The summed E-state index contributed by atoms with van der Waals surface area (Å²) >= 11 is 0. The van der Waals surface area contributed by atoms with E-state index in [4.69, 9.17) is 9.15 Å². The van der Waals surface area contributed by atoms with Gasteiger partial charge in [-0.1, -0.05) is 0 Å². The fourth-order valence-corrected chi connectivity index (χ4v) is 4.42. The zero-order valence-corrected chi connectivity index (χ0v) is 15.6. The Balaban J connectivity index is 1.59. The first-order valence-electron chi connectivity index (χ1n) is 8.41. The summed E-state index contributed by atoms with van der Waals surface area (Å²) in [5.74, 6) is 1.29. The first-order valence-corrected chi connectivity index (χ1v) is 9.85. The summed E-state index contributed by atoms with van der Waals surface area (Å²) in [5, 5.41) is 2.90. The predicted octanol–water partition coefficient (Wildman–Crippen LogP) is 2.18. The number of nitrogens with zero attached hydrogens (tertiary/aromatic N) is 1. The summed E-state index contributed by atoms with van der Waals surface area (Å²) in [4.78, 5) is 12.4. The van der Waals surface area contributed by atoms with E-state index in [1.165, 1.54) is 11.4 Å². The molecule has 0 bridgehead atoms. The van der Waals surface area contributed by atoms with Crippen molar-refractivity contribution in [1.82, 2.24) is 9.62 Å². The van der Waals surface area contributed by atoms with Gasteiger partial charge in [-0.15, -0.1) is 0 Å². The van der Waals surface area contributed by atoms with Crippen molar-refractivity contribution >= 4 is 15.9 Å². The quantitative estimate of drug-likeness (QED) is 0.861. The normalized spacial score (nSPS) is 16.4. The molecule has 3 rings (SSSR count). The zero-order valence-electron chi connectivity index (χ0n) is 14.8. The van der Waals surface area contributed by atoms with E-state index >= 15 is 0 Å². The lowest BCUT2D eigenvalue weighted by atomic mass is 10.1. The van der Waals surface area contributed by atoms with Gasteiger partial charge in [0.1, 0.15) is 11.5 Å². The summed E-state index contributed by atoms with van der Waals surface area (Å²) in [7, 11) is -2.01. The SMILES string of the molecule is COc1ccc(S(=O)(=O)N2CCC(NC(=O)c3ccc(C)o3)CC2)cc1. The molecule has 140 valence electrons. The molecule has 0 radical (unpaired) electrons. The molecule has 1 amide bonds. The fourth-order valence-electron chi connectivity index (χ4n) is 2.95. The Labute approximate surface area is 153 Å². The van der Waals surface area contributed by atoms with E-state index in [0.717, 1.165) is 0 Å². The van der Waals surface area contributed by atoms with Crippen LogP contribution in [0.1, 0.15) is 29.2 Å². The third kappa shape index (κ3) is 3.91. The average Bonchev–Trinajstić information content (AvgIpc) is 3.09. The number of carbonyl (C=O) groups is 1. The van der Waals surface area contributed by atoms with Crippen LogP contribution < -0.4 is 10.1 Å². The number of benzene rings is 1. The molecule has 8 heteroatoms. The van der Waals surface area contributed by atoms with Crippen LogP contribution in [-0.4, -0.2) is 44.9 Å². The van der Waals surface area contributed by atoms with Crippen LogP contribution in [0.4, 0.5) is 0 Å². The van der Waals surface area contributed by atoms with Crippen molar-refractivity contribution in [3.05, 3.63) is 47.9 Å². The highest BCUT2D eigenvalue weighted by atomic mass is 32.2. The number of sulfonamides is 1. The van der Waals surface area contributed by atoms with Crippen molar-refractivity contribution in [3.8, 4) is 5.75 Å². The van der Waals surface area contributed by atoms with Crippen LogP contribution in [0.15, 0.2) is 45.7 Å². The molecule has 2 aromatic rings. The Morgan fingerprint density at radius 3 is 2.35 bits per heavy atom. The standard InChI is InChI=1S/C18H22N2O5S/c1-13-3-8-17(25-13)18(21)19-14-9-11-20(12-10-14)26(22,23)16-6-4-15(24-2)5-7-16/h3-8,14H,9-12H2,1-2H3,(H,19,21). The smallest absolute Gasteiger partial charge is 0.287 e. The molecule has 1 aromatic heterocycles. The zero-order chi connectivity index (χ0) is 18.7. The van der Waals surface area contributed by atoms with E-state index in [2.05, 4.69) is 5.32 Å². The van der Waals surface area contributed by atoms with Gasteiger partial charge in [0.05, 0.1) is 12.0 Å². The molecule has 1 aromatic carbocycles. The number of ether oxygens (including phenoxy) is 1. The van der Waals surface area contributed by atoms with Crippen LogP contribution in [0.2, 0.25) is 0 Å². The van der Waals surface area contributed by atoms with E-state index in [1.54, 1.807) is 43.3 Å². The highest BCUT2D eigenvalue weighted by Crippen LogP contribution is 2.23. The molecule has 26 heavy (non-hydrogen) atoms. The maximum Gasteiger partial charge on any atom is 0.287 e. The van der Waals surface area contributed by atoms with Crippen molar-refractivity contribution in [3.63, 3.8) is 0 Å². The van der Waals surface area contributed by atoms with Gasteiger partial charge in [0.2, 0.25) is 10.0 Å². The largest absolute Gasteiger partial charge is 0.497 e. The van der Waals surface area contributed by atoms with E-state index in [9.17, 15) is 13.2 Å². The van der Waals surface area contributed by atoms with Gasteiger partial charge >= 0.3 is 0 Å². The molecule has 1 aliphatic rings. The summed E-state index contributed by atoms with van der Waals surface area (Å²) < 4.78 is 37.3. The molecule has 1 N–H and O–H groups in total. The lowest BCUT2D eigenvalue weighted by molar-refractivity contribution is 0.0894. The molecule has 1 fully saturated rings. The van der Waals surface area contributed by atoms with Gasteiger partial charge in [-0.3, -0.25) is 4.79 Å². The van der Waals surface area contributed by atoms with Gasteiger partial charge in [0.25, 0.3) is 5.91 Å². The summed E-state index contributed by atoms with van der Waals surface area (Å²) in [6.45, 7) is 2.49. The number of methoxy groups -OCH3 is 1. The molecule has 1 saturated heterocycles. The van der Waals surface area contributed by atoms with Crippen LogP contribution in [0.3, 0.4) is 0 Å². The number of piperidine rings is 1. The highest BCUT2D eigenvalue weighted by molar-refractivity contribution is 7.89. The molecule has 0 saturated carbocycles. The molecule has 0 spiro atoms. The minimum Gasteiger partial charge on any atom is -0.497 e. The third-order valence-electron chi connectivity index (χ3n) is 4.45. The Morgan fingerprint density at radius 1 is 1.15 bits per heavy atom. The predicted molar refractivity (Wildman–Crippen MR) is 95.7 cm³/mol. The van der Waals surface area contributed by atoms with Gasteiger partial charge in [0, 0.05) is 19.1 Å². The van der Waals surface area contributed by atoms with Gasteiger partial charge in [0.15, 0.2) is 5.76 Å². The number of amides is 1. The van der Waals surface area contributed by atoms with Crippen molar-refractivity contribution in [1.29, 1.82) is 0 Å². The Kier molecular flexibility index (Phi) is 5.33. The minimum absolute atomic E-state index is 0.0739. The van der Waals surface area contributed by atoms with Gasteiger partial charge in [-0.2, -0.15) is 4.31 Å². The van der Waals surface area contributed by atoms with Crippen molar-refractivity contribution in [2.75, 3.05) is 20.2 Å². The Hall–Kier alpha value is -2.32. The second kappa shape index (κ2) is 7.51. The van der Waals surface area contributed by atoms with Gasteiger partial charge in [-0.05, 0) is 56.2 Å². The summed E-state index contributed by atoms with van der Waals surface area (Å²) in [5.41, 5.74) is 0. The average molecular weight is 378 g/mol. The maximum atomic E-state index is 12.7. The van der Waals surface area contributed by atoms with Crippen LogP contribution in [0.25, 0.3) is 0 Å². The number of hydrogen-bond acceptors (Lipinski definition) is 5. The van der Waals surface area contributed by atoms with Crippen LogP contribution in [0.5, 0.6) is 5.75 Å². The second-order valence-electron chi connectivity index (χ2n) is 6.24. The number of furan rings is 1. The lowest BCUT2D eigenvalue weighted by Gasteiger charge is -2.31. The van der Waals surface area contributed by atoms with E-state index < -0.39 is 10.0 Å². The molecule has 0 aliphatic carbocycles. The number of aryl methyl sites for hydroxylation is 1. The molecule has 0 atom stereocenters. The first kappa shape index (κ1) is 18.5. The van der Waals surface area contributed by atoms with Crippen LogP contribution in [-0.2, 0) is 10.0 Å². The number of rotatable bonds is 5. The monoisotopic (exact) mass is 378 g/mol. The van der Waals surface area contributed by atoms with E-state index in [-0.39, 0.29) is 22.6 Å². The third-order valence-corrected chi connectivity index (χ3v) is 6.36. The maximum absolute atomic E-state index is 12.7. The molecule has 0 unspecified atom stereocenters. The molecular weight excluding hydrogens is 356 g/mol. The molecule has 1 aliphatic heterocycles. The highest BCUT2D eigenvalue weighted by Gasteiger charge is 2.30. The van der Waals surface area contributed by atoms with Crippen molar-refractivity contribution < 1.29 is 22.4 Å². The van der Waals surface area contributed by atoms with Crippen LogP contribution >= 0.6 is 0 Å². The van der Waals surface area contributed by atoms with Gasteiger partial charge < -0.3 is 14.5 Å². The Bertz CT molecular complexity index is 865. The number of carbonyl (C=O) groups excluding carboxylic acids is 1. The summed E-state index contributed by atoms with van der Waals surface area (Å²) in [6, 6.07) is 9.64. The van der Waals surface area contributed by atoms with E-state index in [0.29, 0.717) is 37.4 Å². The lowest BCUT2D eigenvalue weighted by Crippen LogP contribution is -2.46. The van der Waals surface area contributed by atoms with Gasteiger partial charge in [-0.25, -0.2) is 8.42 Å². The van der Waals surface area contributed by atoms with Crippen molar-refractivity contribution in [2.24, 2.45) is 0 Å². The molecule has 2 heterocycles. The molecule has 7 nitrogen and oxygen atoms in total. The van der Waals surface area contributed by atoms with Crippen molar-refractivity contribution in [2.45, 2.75) is 30.7 Å². The fraction of sp³-hybridized carbons (Fsp3) is 0.389. The van der Waals surface area contributed by atoms with Crippen LogP contribution in [0, 0.1) is 6.92 Å². The van der Waals surface area contributed by atoms with E-state index in [1.807, 2.05) is 0 Å². The first-order chi connectivity index (χ1) is 12.4. The minimum atomic E-state index is -3.54.